The third-order valence-electron chi connectivity index (χ3n) is 4.16. The average Bonchev–Trinajstić information content (AvgIpc) is 2.47. The van der Waals surface area contributed by atoms with E-state index in [1.807, 2.05) is 31.2 Å². The lowest BCUT2D eigenvalue weighted by Crippen LogP contribution is -2.47. The molecule has 2 unspecified atom stereocenters. The van der Waals surface area contributed by atoms with E-state index in [-0.39, 0.29) is 24.6 Å². The van der Waals surface area contributed by atoms with E-state index >= 15 is 0 Å². The van der Waals surface area contributed by atoms with Crippen LogP contribution >= 0.6 is 0 Å². The SMILES string of the molecule is Cc1ccccc1CNC(=O)NC1CCCCC1CO. The Morgan fingerprint density at radius 2 is 2.05 bits per heavy atom. The highest BCUT2D eigenvalue weighted by atomic mass is 16.3. The molecule has 0 aromatic heterocycles. The smallest absolute Gasteiger partial charge is 0.315 e. The molecule has 1 aliphatic carbocycles. The van der Waals surface area contributed by atoms with Gasteiger partial charge in [0.05, 0.1) is 0 Å². The van der Waals surface area contributed by atoms with Crippen LogP contribution < -0.4 is 10.6 Å². The zero-order chi connectivity index (χ0) is 14.4. The summed E-state index contributed by atoms with van der Waals surface area (Å²) < 4.78 is 0. The van der Waals surface area contributed by atoms with Crippen LogP contribution in [0.2, 0.25) is 0 Å². The Kier molecular flexibility index (Phi) is 5.41. The van der Waals surface area contributed by atoms with Gasteiger partial charge in [-0.2, -0.15) is 0 Å². The maximum atomic E-state index is 12.0. The molecular formula is C16H24N2O2. The molecule has 0 bridgehead atoms. The van der Waals surface area contributed by atoms with E-state index in [1.54, 1.807) is 0 Å². The fourth-order valence-electron chi connectivity index (χ4n) is 2.82. The molecule has 2 rings (SSSR count). The summed E-state index contributed by atoms with van der Waals surface area (Å²) in [6, 6.07) is 7.99. The van der Waals surface area contributed by atoms with Crippen molar-refractivity contribution in [1.82, 2.24) is 10.6 Å². The van der Waals surface area contributed by atoms with Crippen LogP contribution in [0.5, 0.6) is 0 Å². The van der Waals surface area contributed by atoms with Crippen molar-refractivity contribution >= 4 is 6.03 Å². The van der Waals surface area contributed by atoms with Crippen molar-refractivity contribution < 1.29 is 9.90 Å². The van der Waals surface area contributed by atoms with Crippen LogP contribution in [0, 0.1) is 12.8 Å². The van der Waals surface area contributed by atoms with Crippen LogP contribution in [-0.2, 0) is 6.54 Å². The molecule has 2 atom stereocenters. The van der Waals surface area contributed by atoms with Gasteiger partial charge in [0.25, 0.3) is 0 Å². The molecular weight excluding hydrogens is 252 g/mol. The fourth-order valence-corrected chi connectivity index (χ4v) is 2.82. The van der Waals surface area contributed by atoms with Crippen LogP contribution in [-0.4, -0.2) is 23.8 Å². The molecule has 0 radical (unpaired) electrons. The van der Waals surface area contributed by atoms with Crippen molar-refractivity contribution in [3.63, 3.8) is 0 Å². The van der Waals surface area contributed by atoms with Gasteiger partial charge in [-0.05, 0) is 30.9 Å². The Morgan fingerprint density at radius 3 is 2.80 bits per heavy atom. The number of aliphatic hydroxyl groups is 1. The van der Waals surface area contributed by atoms with Gasteiger partial charge in [-0.25, -0.2) is 4.79 Å². The minimum absolute atomic E-state index is 0.102. The molecule has 4 nitrogen and oxygen atoms in total. The van der Waals surface area contributed by atoms with E-state index in [1.165, 1.54) is 5.56 Å². The molecule has 4 heteroatoms. The number of nitrogens with one attached hydrogen (secondary N) is 2. The third-order valence-corrected chi connectivity index (χ3v) is 4.16. The van der Waals surface area contributed by atoms with Gasteiger partial charge in [0.2, 0.25) is 0 Å². The maximum absolute atomic E-state index is 12.0. The van der Waals surface area contributed by atoms with Crippen molar-refractivity contribution in [2.75, 3.05) is 6.61 Å². The number of amides is 2. The zero-order valence-electron chi connectivity index (χ0n) is 12.1. The number of benzene rings is 1. The highest BCUT2D eigenvalue weighted by Crippen LogP contribution is 2.23. The Labute approximate surface area is 120 Å². The molecule has 2 amide bonds. The van der Waals surface area contributed by atoms with Gasteiger partial charge in [0, 0.05) is 25.1 Å². The van der Waals surface area contributed by atoms with Crippen molar-refractivity contribution in [2.45, 2.75) is 45.2 Å². The molecule has 1 fully saturated rings. The summed E-state index contributed by atoms with van der Waals surface area (Å²) in [6.07, 6.45) is 4.23. The second kappa shape index (κ2) is 7.29. The zero-order valence-corrected chi connectivity index (χ0v) is 12.1. The number of aliphatic hydroxyl groups excluding tert-OH is 1. The van der Waals surface area contributed by atoms with Gasteiger partial charge in [0.1, 0.15) is 0 Å². The first-order chi connectivity index (χ1) is 9.70. The largest absolute Gasteiger partial charge is 0.396 e. The monoisotopic (exact) mass is 276 g/mol. The lowest BCUT2D eigenvalue weighted by atomic mass is 9.85. The summed E-state index contributed by atoms with van der Waals surface area (Å²) in [5.41, 5.74) is 2.31. The molecule has 0 spiro atoms. The van der Waals surface area contributed by atoms with E-state index < -0.39 is 0 Å². The Morgan fingerprint density at radius 1 is 1.30 bits per heavy atom. The quantitative estimate of drug-likeness (QED) is 0.790. The van der Waals surface area contributed by atoms with Gasteiger partial charge >= 0.3 is 6.03 Å². The number of hydrogen-bond acceptors (Lipinski definition) is 2. The van der Waals surface area contributed by atoms with Crippen LogP contribution in [0.15, 0.2) is 24.3 Å². The molecule has 0 saturated heterocycles. The summed E-state index contributed by atoms with van der Waals surface area (Å²) in [4.78, 5) is 12.0. The minimum atomic E-state index is -0.140. The van der Waals surface area contributed by atoms with E-state index in [2.05, 4.69) is 10.6 Å². The second-order valence-electron chi connectivity index (χ2n) is 5.59. The lowest BCUT2D eigenvalue weighted by molar-refractivity contribution is 0.153. The molecule has 1 saturated carbocycles. The molecule has 20 heavy (non-hydrogen) atoms. The number of carbonyl (C=O) groups is 1. The molecule has 110 valence electrons. The normalized spacial score (nSPS) is 22.3. The molecule has 1 aromatic rings. The fraction of sp³-hybridized carbons (Fsp3) is 0.562. The molecule has 0 heterocycles. The Bertz CT molecular complexity index is 448. The molecule has 3 N–H and O–H groups in total. The first kappa shape index (κ1) is 14.9. The summed E-state index contributed by atoms with van der Waals surface area (Å²) in [5.74, 6) is 0.202. The van der Waals surface area contributed by atoms with Gasteiger partial charge in [-0.3, -0.25) is 0 Å². The standard InChI is InChI=1S/C16H24N2O2/c1-12-6-2-3-7-13(12)10-17-16(20)18-15-9-5-4-8-14(15)11-19/h2-3,6-7,14-15,19H,4-5,8-11H2,1H3,(H2,17,18,20). The molecule has 1 aliphatic rings. The third kappa shape index (κ3) is 3.97. The lowest BCUT2D eigenvalue weighted by Gasteiger charge is -2.30. The number of carbonyl (C=O) groups excluding carboxylic acids is 1. The summed E-state index contributed by atoms with van der Waals surface area (Å²) in [7, 11) is 0. The first-order valence-corrected chi connectivity index (χ1v) is 7.40. The average molecular weight is 276 g/mol. The van der Waals surface area contributed by atoms with E-state index in [9.17, 15) is 9.90 Å². The molecule has 0 aliphatic heterocycles. The number of aryl methyl sites for hydroxylation is 1. The first-order valence-electron chi connectivity index (χ1n) is 7.40. The summed E-state index contributed by atoms with van der Waals surface area (Å²) >= 11 is 0. The predicted octanol–water partition coefficient (Wildman–Crippen LogP) is 2.35. The highest BCUT2D eigenvalue weighted by Gasteiger charge is 2.25. The number of hydrogen-bond donors (Lipinski definition) is 3. The van der Waals surface area contributed by atoms with Crippen LogP contribution in [0.25, 0.3) is 0 Å². The maximum Gasteiger partial charge on any atom is 0.315 e. The van der Waals surface area contributed by atoms with E-state index in [0.29, 0.717) is 6.54 Å². The van der Waals surface area contributed by atoms with Crippen LogP contribution in [0.1, 0.15) is 36.8 Å². The Hall–Kier alpha value is -1.55. The summed E-state index contributed by atoms with van der Waals surface area (Å²) in [6.45, 7) is 2.73. The van der Waals surface area contributed by atoms with Crippen molar-refractivity contribution in [3.8, 4) is 0 Å². The van der Waals surface area contributed by atoms with Gasteiger partial charge in [-0.1, -0.05) is 37.1 Å². The topological polar surface area (TPSA) is 61.4 Å². The minimum Gasteiger partial charge on any atom is -0.396 e. The van der Waals surface area contributed by atoms with Gasteiger partial charge < -0.3 is 15.7 Å². The van der Waals surface area contributed by atoms with Gasteiger partial charge in [-0.15, -0.1) is 0 Å². The van der Waals surface area contributed by atoms with Crippen LogP contribution in [0.3, 0.4) is 0 Å². The Balaban J connectivity index is 1.82. The van der Waals surface area contributed by atoms with E-state index in [0.717, 1.165) is 31.2 Å². The molecule has 1 aromatic carbocycles. The van der Waals surface area contributed by atoms with E-state index in [4.69, 9.17) is 0 Å². The predicted molar refractivity (Wildman–Crippen MR) is 79.4 cm³/mol. The second-order valence-corrected chi connectivity index (χ2v) is 5.59. The van der Waals surface area contributed by atoms with Crippen molar-refractivity contribution in [2.24, 2.45) is 5.92 Å². The number of urea groups is 1. The van der Waals surface area contributed by atoms with Crippen molar-refractivity contribution in [1.29, 1.82) is 0 Å². The number of rotatable bonds is 4. The van der Waals surface area contributed by atoms with Crippen LogP contribution in [0.4, 0.5) is 4.79 Å². The summed E-state index contributed by atoms with van der Waals surface area (Å²) in [5, 5.41) is 15.2. The highest BCUT2D eigenvalue weighted by molar-refractivity contribution is 5.74. The van der Waals surface area contributed by atoms with Gasteiger partial charge in [0.15, 0.2) is 0 Å². The van der Waals surface area contributed by atoms with Crippen molar-refractivity contribution in [3.05, 3.63) is 35.4 Å².